The first-order valence-electron chi connectivity index (χ1n) is 5.96. The maximum Gasteiger partial charge on any atom is 0.134 e. The lowest BCUT2D eigenvalue weighted by molar-refractivity contribution is 0.170. The zero-order chi connectivity index (χ0) is 12.4. The van der Waals surface area contributed by atoms with Crippen molar-refractivity contribution >= 4 is 0 Å². The minimum atomic E-state index is -0.560. The molecule has 0 aliphatic heterocycles. The van der Waals surface area contributed by atoms with Gasteiger partial charge in [0, 0.05) is 5.56 Å². The van der Waals surface area contributed by atoms with Crippen LogP contribution in [0.25, 0.3) is 11.3 Å². The van der Waals surface area contributed by atoms with Crippen LogP contribution in [0.15, 0.2) is 40.8 Å². The number of furan rings is 1. The van der Waals surface area contributed by atoms with Crippen molar-refractivity contribution in [1.82, 2.24) is 0 Å². The molecule has 0 saturated heterocycles. The Hall–Kier alpha value is -1.54. The van der Waals surface area contributed by atoms with E-state index in [9.17, 15) is 5.11 Å². The summed E-state index contributed by atoms with van der Waals surface area (Å²) in [7, 11) is 0. The van der Waals surface area contributed by atoms with Crippen molar-refractivity contribution < 1.29 is 9.52 Å². The first kappa shape index (κ1) is 11.9. The Morgan fingerprint density at radius 1 is 1.00 bits per heavy atom. The van der Waals surface area contributed by atoms with Gasteiger partial charge in [0.2, 0.25) is 0 Å². The van der Waals surface area contributed by atoms with E-state index in [2.05, 4.69) is 26.0 Å². The molecular formula is C15H18O2. The van der Waals surface area contributed by atoms with Crippen LogP contribution in [-0.4, -0.2) is 5.11 Å². The molecule has 2 heteroatoms. The smallest absolute Gasteiger partial charge is 0.134 e. The van der Waals surface area contributed by atoms with Crippen LogP contribution in [-0.2, 0) is 0 Å². The molecule has 0 saturated carbocycles. The minimum Gasteiger partial charge on any atom is -0.458 e. The zero-order valence-corrected chi connectivity index (χ0v) is 10.5. The lowest BCUT2D eigenvalue weighted by Crippen LogP contribution is -1.91. The third kappa shape index (κ3) is 2.42. The number of aliphatic hydroxyl groups excluding tert-OH is 1. The van der Waals surface area contributed by atoms with Gasteiger partial charge in [0.1, 0.15) is 17.6 Å². The predicted molar refractivity (Wildman–Crippen MR) is 68.9 cm³/mol. The van der Waals surface area contributed by atoms with E-state index < -0.39 is 6.10 Å². The quantitative estimate of drug-likeness (QED) is 0.860. The Morgan fingerprint density at radius 2 is 1.71 bits per heavy atom. The van der Waals surface area contributed by atoms with Crippen LogP contribution in [0, 0.1) is 0 Å². The molecule has 1 N–H and O–H groups in total. The van der Waals surface area contributed by atoms with Gasteiger partial charge in [-0.15, -0.1) is 0 Å². The van der Waals surface area contributed by atoms with Gasteiger partial charge in [0.15, 0.2) is 0 Å². The lowest BCUT2D eigenvalue weighted by atomic mass is 9.96. The number of hydrogen-bond donors (Lipinski definition) is 1. The molecule has 0 aliphatic rings. The lowest BCUT2D eigenvalue weighted by Gasteiger charge is -2.10. The van der Waals surface area contributed by atoms with Gasteiger partial charge >= 0.3 is 0 Å². The first-order valence-corrected chi connectivity index (χ1v) is 5.96. The fourth-order valence-corrected chi connectivity index (χ4v) is 1.95. The van der Waals surface area contributed by atoms with Crippen molar-refractivity contribution in [2.45, 2.75) is 32.8 Å². The second-order valence-electron chi connectivity index (χ2n) is 4.62. The summed E-state index contributed by atoms with van der Waals surface area (Å²) in [6.45, 7) is 6.03. The summed E-state index contributed by atoms with van der Waals surface area (Å²) >= 11 is 0. The number of benzene rings is 1. The van der Waals surface area contributed by atoms with E-state index in [0.717, 1.165) is 11.3 Å². The highest BCUT2D eigenvalue weighted by Crippen LogP contribution is 2.31. The maximum atomic E-state index is 9.47. The monoisotopic (exact) mass is 230 g/mol. The minimum absolute atomic E-state index is 0.450. The zero-order valence-electron chi connectivity index (χ0n) is 10.5. The van der Waals surface area contributed by atoms with Gasteiger partial charge in [-0.25, -0.2) is 0 Å². The maximum absolute atomic E-state index is 9.47. The summed E-state index contributed by atoms with van der Waals surface area (Å²) in [5, 5.41) is 9.47. The molecule has 2 rings (SSSR count). The van der Waals surface area contributed by atoms with Crippen LogP contribution in [0.3, 0.4) is 0 Å². The molecule has 2 aromatic rings. The average molecular weight is 230 g/mol. The largest absolute Gasteiger partial charge is 0.458 e. The van der Waals surface area contributed by atoms with Crippen LogP contribution < -0.4 is 0 Å². The Labute approximate surface area is 102 Å². The summed E-state index contributed by atoms with van der Waals surface area (Å²) in [5.41, 5.74) is 2.37. The first-order chi connectivity index (χ1) is 8.09. The topological polar surface area (TPSA) is 33.4 Å². The molecule has 0 fully saturated rings. The molecular weight excluding hydrogens is 212 g/mol. The molecule has 0 bridgehead atoms. The van der Waals surface area contributed by atoms with E-state index in [1.165, 1.54) is 5.56 Å². The Bertz CT molecular complexity index is 495. The van der Waals surface area contributed by atoms with Gasteiger partial charge < -0.3 is 9.52 Å². The Kier molecular flexibility index (Phi) is 3.34. The van der Waals surface area contributed by atoms with Gasteiger partial charge in [-0.1, -0.05) is 38.1 Å². The van der Waals surface area contributed by atoms with Crippen LogP contribution >= 0.6 is 0 Å². The SMILES string of the molecule is CC(C)c1ccccc1-c1ccc(C(C)O)o1. The van der Waals surface area contributed by atoms with E-state index in [-0.39, 0.29) is 0 Å². The molecule has 1 atom stereocenters. The molecule has 1 unspecified atom stereocenters. The molecule has 17 heavy (non-hydrogen) atoms. The van der Waals surface area contributed by atoms with Crippen molar-refractivity contribution in [3.8, 4) is 11.3 Å². The molecule has 90 valence electrons. The Morgan fingerprint density at radius 3 is 2.29 bits per heavy atom. The van der Waals surface area contributed by atoms with Crippen molar-refractivity contribution in [2.24, 2.45) is 0 Å². The highest BCUT2D eigenvalue weighted by Gasteiger charge is 2.13. The summed E-state index contributed by atoms with van der Waals surface area (Å²) in [6.07, 6.45) is -0.560. The highest BCUT2D eigenvalue weighted by molar-refractivity contribution is 5.63. The number of rotatable bonds is 3. The molecule has 0 radical (unpaired) electrons. The molecule has 0 spiro atoms. The highest BCUT2D eigenvalue weighted by atomic mass is 16.4. The van der Waals surface area contributed by atoms with E-state index in [4.69, 9.17) is 4.42 Å². The molecule has 1 aromatic heterocycles. The molecule has 0 amide bonds. The summed E-state index contributed by atoms with van der Waals surface area (Å²) < 4.78 is 5.67. The van der Waals surface area contributed by atoms with Crippen molar-refractivity contribution in [2.75, 3.05) is 0 Å². The molecule has 0 aliphatic carbocycles. The molecule has 1 aromatic carbocycles. The van der Waals surface area contributed by atoms with Gasteiger partial charge in [-0.05, 0) is 30.5 Å². The Balaban J connectivity index is 2.45. The van der Waals surface area contributed by atoms with E-state index in [0.29, 0.717) is 11.7 Å². The standard InChI is InChI=1S/C15H18O2/c1-10(2)12-6-4-5-7-13(12)15-9-8-14(17-15)11(3)16/h4-11,16H,1-3H3. The summed E-state index contributed by atoms with van der Waals surface area (Å²) in [4.78, 5) is 0. The fourth-order valence-electron chi connectivity index (χ4n) is 1.95. The van der Waals surface area contributed by atoms with Crippen LogP contribution in [0.5, 0.6) is 0 Å². The molecule has 1 heterocycles. The second kappa shape index (κ2) is 4.76. The second-order valence-corrected chi connectivity index (χ2v) is 4.62. The van der Waals surface area contributed by atoms with Crippen molar-refractivity contribution in [3.63, 3.8) is 0 Å². The van der Waals surface area contributed by atoms with Crippen LogP contribution in [0.2, 0.25) is 0 Å². The van der Waals surface area contributed by atoms with Crippen LogP contribution in [0.4, 0.5) is 0 Å². The van der Waals surface area contributed by atoms with Gasteiger partial charge in [-0.3, -0.25) is 0 Å². The van der Waals surface area contributed by atoms with E-state index >= 15 is 0 Å². The third-order valence-corrected chi connectivity index (χ3v) is 2.89. The summed E-state index contributed by atoms with van der Waals surface area (Å²) in [5.74, 6) is 1.88. The van der Waals surface area contributed by atoms with Crippen molar-refractivity contribution in [1.29, 1.82) is 0 Å². The third-order valence-electron chi connectivity index (χ3n) is 2.89. The van der Waals surface area contributed by atoms with Crippen molar-refractivity contribution in [3.05, 3.63) is 47.7 Å². The van der Waals surface area contributed by atoms with E-state index in [1.54, 1.807) is 6.92 Å². The van der Waals surface area contributed by atoms with Crippen LogP contribution in [0.1, 0.15) is 44.1 Å². The number of aliphatic hydroxyl groups is 1. The van der Waals surface area contributed by atoms with Gasteiger partial charge in [0.25, 0.3) is 0 Å². The summed E-state index contributed by atoms with van der Waals surface area (Å²) in [6, 6.07) is 12.0. The van der Waals surface area contributed by atoms with Gasteiger partial charge in [-0.2, -0.15) is 0 Å². The molecule has 2 nitrogen and oxygen atoms in total. The van der Waals surface area contributed by atoms with Gasteiger partial charge in [0.05, 0.1) is 0 Å². The number of hydrogen-bond acceptors (Lipinski definition) is 2. The fraction of sp³-hybridized carbons (Fsp3) is 0.333. The predicted octanol–water partition coefficient (Wildman–Crippen LogP) is 4.12. The van der Waals surface area contributed by atoms with E-state index in [1.807, 2.05) is 24.3 Å². The normalized spacial score (nSPS) is 13.0. The average Bonchev–Trinajstić information content (AvgIpc) is 2.78.